The number of aromatic nitrogens is 2. The van der Waals surface area contributed by atoms with Crippen LogP contribution in [0.1, 0.15) is 36.0 Å². The van der Waals surface area contributed by atoms with Gasteiger partial charge in [0.2, 0.25) is 0 Å². The molecule has 0 unspecified atom stereocenters. The molecule has 5 nitrogen and oxygen atoms in total. The van der Waals surface area contributed by atoms with Gasteiger partial charge in [0.05, 0.1) is 29.4 Å². The van der Waals surface area contributed by atoms with E-state index in [4.69, 9.17) is 0 Å². The van der Waals surface area contributed by atoms with Crippen molar-refractivity contribution in [3.05, 3.63) is 28.4 Å². The number of benzene rings is 1. The summed E-state index contributed by atoms with van der Waals surface area (Å²) in [5.41, 5.74) is 1.38. The number of hydrogen-bond acceptors (Lipinski definition) is 3. The number of halogens is 1. The summed E-state index contributed by atoms with van der Waals surface area (Å²) < 4.78 is 0.823. The smallest absolute Gasteiger partial charge is 0.252 e. The molecule has 3 N–H and O–H groups in total. The molecular formula is C14H16BrN3O2. The van der Waals surface area contributed by atoms with Crippen molar-refractivity contribution in [2.75, 3.05) is 0 Å². The molecule has 0 radical (unpaired) electrons. The van der Waals surface area contributed by atoms with Crippen molar-refractivity contribution >= 4 is 32.7 Å². The third-order valence-electron chi connectivity index (χ3n) is 3.81. The minimum Gasteiger partial charge on any atom is -0.391 e. The molecule has 0 aliphatic heterocycles. The molecule has 2 atom stereocenters. The van der Waals surface area contributed by atoms with E-state index in [1.54, 1.807) is 12.3 Å². The van der Waals surface area contributed by atoms with Gasteiger partial charge in [-0.2, -0.15) is 5.10 Å². The molecule has 1 aromatic carbocycles. The van der Waals surface area contributed by atoms with E-state index in [0.29, 0.717) is 5.56 Å². The molecule has 3 rings (SSSR count). The van der Waals surface area contributed by atoms with Crippen LogP contribution < -0.4 is 5.32 Å². The molecule has 2 aromatic rings. The van der Waals surface area contributed by atoms with Crippen LogP contribution in [0.15, 0.2) is 22.8 Å². The van der Waals surface area contributed by atoms with Gasteiger partial charge in [0.1, 0.15) is 0 Å². The SMILES string of the molecule is O=C(N[C@@H]1CCCC[C@H]1O)c1cc(Br)cc2[nH]ncc12. The third-order valence-corrected chi connectivity index (χ3v) is 4.27. The highest BCUT2D eigenvalue weighted by molar-refractivity contribution is 9.10. The Morgan fingerprint density at radius 3 is 3.00 bits per heavy atom. The Morgan fingerprint density at radius 1 is 1.40 bits per heavy atom. The zero-order chi connectivity index (χ0) is 14.1. The first-order valence-corrected chi connectivity index (χ1v) is 7.56. The molecular weight excluding hydrogens is 322 g/mol. The number of H-pyrrole nitrogens is 1. The topological polar surface area (TPSA) is 78.0 Å². The van der Waals surface area contributed by atoms with Gasteiger partial charge in [-0.1, -0.05) is 28.8 Å². The van der Waals surface area contributed by atoms with Crippen LogP contribution in [0.4, 0.5) is 0 Å². The lowest BCUT2D eigenvalue weighted by Crippen LogP contribution is -2.45. The maximum Gasteiger partial charge on any atom is 0.252 e. The normalized spacial score (nSPS) is 22.9. The standard InChI is InChI=1S/C14H16BrN3O2/c15-8-5-9(10-7-16-18-12(10)6-8)14(20)17-11-3-1-2-4-13(11)19/h5-7,11,13,19H,1-4H2,(H,16,18)(H,17,20)/t11-,13-/m1/s1. The summed E-state index contributed by atoms with van der Waals surface area (Å²) in [7, 11) is 0. The molecule has 0 saturated heterocycles. The van der Waals surface area contributed by atoms with E-state index >= 15 is 0 Å². The second kappa shape index (κ2) is 5.54. The Morgan fingerprint density at radius 2 is 2.20 bits per heavy atom. The second-order valence-electron chi connectivity index (χ2n) is 5.22. The maximum atomic E-state index is 12.4. The zero-order valence-corrected chi connectivity index (χ0v) is 12.5. The number of hydrogen-bond donors (Lipinski definition) is 3. The molecule has 1 fully saturated rings. The largest absolute Gasteiger partial charge is 0.391 e. The fraction of sp³-hybridized carbons (Fsp3) is 0.429. The van der Waals surface area contributed by atoms with Crippen LogP contribution in [-0.4, -0.2) is 33.4 Å². The number of nitrogens with one attached hydrogen (secondary N) is 2. The fourth-order valence-corrected chi connectivity index (χ4v) is 3.19. The van der Waals surface area contributed by atoms with Crippen molar-refractivity contribution in [1.82, 2.24) is 15.5 Å². The Labute approximate surface area is 124 Å². The van der Waals surface area contributed by atoms with Crippen LogP contribution >= 0.6 is 15.9 Å². The summed E-state index contributed by atoms with van der Waals surface area (Å²) in [5, 5.41) is 20.5. The minimum atomic E-state index is -0.445. The minimum absolute atomic E-state index is 0.155. The number of carbonyl (C=O) groups is 1. The number of carbonyl (C=O) groups excluding carboxylic acids is 1. The highest BCUT2D eigenvalue weighted by atomic mass is 79.9. The number of aromatic amines is 1. The lowest BCUT2D eigenvalue weighted by Gasteiger charge is -2.28. The van der Waals surface area contributed by atoms with E-state index in [1.807, 2.05) is 6.07 Å². The molecule has 0 bridgehead atoms. The van der Waals surface area contributed by atoms with Crippen molar-refractivity contribution in [3.63, 3.8) is 0 Å². The number of fused-ring (bicyclic) bond motifs is 1. The van der Waals surface area contributed by atoms with Crippen LogP contribution in [0.25, 0.3) is 10.9 Å². The van der Waals surface area contributed by atoms with Gasteiger partial charge in [0.25, 0.3) is 5.91 Å². The predicted molar refractivity (Wildman–Crippen MR) is 79.5 cm³/mol. The summed E-state index contributed by atoms with van der Waals surface area (Å²) in [6, 6.07) is 3.51. The van der Waals surface area contributed by atoms with E-state index in [9.17, 15) is 9.90 Å². The van der Waals surface area contributed by atoms with Crippen molar-refractivity contribution in [2.45, 2.75) is 37.8 Å². The summed E-state index contributed by atoms with van der Waals surface area (Å²) >= 11 is 3.40. The van der Waals surface area contributed by atoms with Crippen molar-refractivity contribution in [3.8, 4) is 0 Å². The monoisotopic (exact) mass is 337 g/mol. The average Bonchev–Trinajstić information content (AvgIpc) is 2.88. The van der Waals surface area contributed by atoms with E-state index in [2.05, 4.69) is 31.4 Å². The van der Waals surface area contributed by atoms with Crippen molar-refractivity contribution < 1.29 is 9.90 Å². The first-order chi connectivity index (χ1) is 9.65. The van der Waals surface area contributed by atoms with Gasteiger partial charge < -0.3 is 10.4 Å². The molecule has 20 heavy (non-hydrogen) atoms. The van der Waals surface area contributed by atoms with Crippen LogP contribution in [0, 0.1) is 0 Å². The Bertz CT molecular complexity index is 640. The van der Waals surface area contributed by atoms with Gasteiger partial charge in [-0.15, -0.1) is 0 Å². The molecule has 1 amide bonds. The quantitative estimate of drug-likeness (QED) is 0.787. The first-order valence-electron chi connectivity index (χ1n) is 6.76. The van der Waals surface area contributed by atoms with Gasteiger partial charge >= 0.3 is 0 Å². The molecule has 0 spiro atoms. The average molecular weight is 338 g/mol. The summed E-state index contributed by atoms with van der Waals surface area (Å²) in [6.07, 6.45) is 4.85. The van der Waals surface area contributed by atoms with E-state index in [-0.39, 0.29) is 11.9 Å². The molecule has 1 saturated carbocycles. The van der Waals surface area contributed by atoms with Gasteiger partial charge in [0.15, 0.2) is 0 Å². The Kier molecular flexibility index (Phi) is 3.76. The number of nitrogens with zero attached hydrogens (tertiary/aromatic N) is 1. The van der Waals surface area contributed by atoms with E-state index in [1.165, 1.54) is 0 Å². The van der Waals surface area contributed by atoms with Crippen LogP contribution in [-0.2, 0) is 0 Å². The molecule has 106 valence electrons. The molecule has 6 heteroatoms. The fourth-order valence-electron chi connectivity index (χ4n) is 2.73. The molecule has 1 aliphatic rings. The lowest BCUT2D eigenvalue weighted by atomic mass is 9.92. The van der Waals surface area contributed by atoms with Crippen molar-refractivity contribution in [1.29, 1.82) is 0 Å². The Balaban J connectivity index is 1.86. The van der Waals surface area contributed by atoms with Gasteiger partial charge in [0, 0.05) is 9.86 Å². The molecule has 1 aromatic heterocycles. The van der Waals surface area contributed by atoms with Gasteiger partial charge in [-0.25, -0.2) is 0 Å². The van der Waals surface area contributed by atoms with Gasteiger partial charge in [-0.3, -0.25) is 9.89 Å². The third kappa shape index (κ3) is 2.58. The number of amides is 1. The molecule has 1 heterocycles. The van der Waals surface area contributed by atoms with E-state index in [0.717, 1.165) is 41.1 Å². The zero-order valence-electron chi connectivity index (χ0n) is 10.9. The Hall–Kier alpha value is -1.40. The first kappa shape index (κ1) is 13.6. The van der Waals surface area contributed by atoms with Crippen molar-refractivity contribution in [2.24, 2.45) is 0 Å². The summed E-state index contributed by atoms with van der Waals surface area (Å²) in [6.45, 7) is 0. The van der Waals surface area contributed by atoms with Gasteiger partial charge in [-0.05, 0) is 25.0 Å². The molecule has 1 aliphatic carbocycles. The number of aliphatic hydroxyl groups excluding tert-OH is 1. The highest BCUT2D eigenvalue weighted by Gasteiger charge is 2.25. The number of rotatable bonds is 2. The van der Waals surface area contributed by atoms with Crippen LogP contribution in [0.5, 0.6) is 0 Å². The van der Waals surface area contributed by atoms with E-state index < -0.39 is 6.10 Å². The maximum absolute atomic E-state index is 12.4. The summed E-state index contributed by atoms with van der Waals surface area (Å²) in [4.78, 5) is 12.4. The van der Waals surface area contributed by atoms with Crippen LogP contribution in [0.2, 0.25) is 0 Å². The lowest BCUT2D eigenvalue weighted by molar-refractivity contribution is 0.0718. The predicted octanol–water partition coefficient (Wildman–Crippen LogP) is 2.36. The number of aliphatic hydroxyl groups is 1. The summed E-state index contributed by atoms with van der Waals surface area (Å²) in [5.74, 6) is -0.163. The van der Waals surface area contributed by atoms with Crippen LogP contribution in [0.3, 0.4) is 0 Å². The highest BCUT2D eigenvalue weighted by Crippen LogP contribution is 2.24. The second-order valence-corrected chi connectivity index (χ2v) is 6.13.